The van der Waals surface area contributed by atoms with E-state index < -0.39 is 17.6 Å². The number of nitrogens with zero attached hydrogens (tertiary/aromatic N) is 1. The van der Waals surface area contributed by atoms with Crippen LogP contribution in [-0.2, 0) is 20.9 Å². The number of esters is 1. The van der Waals surface area contributed by atoms with Gasteiger partial charge >= 0.3 is 5.97 Å². The molecule has 126 valence electrons. The first-order valence-corrected chi connectivity index (χ1v) is 7.19. The summed E-state index contributed by atoms with van der Waals surface area (Å²) in [6, 6.07) is 2.39. The molecule has 1 aromatic rings. The third kappa shape index (κ3) is 2.84. The van der Waals surface area contributed by atoms with E-state index in [0.29, 0.717) is 22.7 Å². The van der Waals surface area contributed by atoms with Gasteiger partial charge in [-0.1, -0.05) is 0 Å². The van der Waals surface area contributed by atoms with Crippen molar-refractivity contribution < 1.29 is 28.9 Å². The Kier molecular flexibility index (Phi) is 4.51. The molecule has 0 aliphatic carbocycles. The quantitative estimate of drug-likeness (QED) is 0.840. The standard InChI is InChI=1S/C16H21NO6/c1-9(14(19)22-5)17-11-6-10(8-18)7-12(21-4)13(11)23-16(2,3)15(17)20/h6-7,9,18H,8H2,1-5H3. The highest BCUT2D eigenvalue weighted by atomic mass is 16.5. The molecule has 0 saturated heterocycles. The van der Waals surface area contributed by atoms with Gasteiger partial charge in [-0.25, -0.2) is 4.79 Å². The van der Waals surface area contributed by atoms with E-state index in [4.69, 9.17) is 14.2 Å². The Morgan fingerprint density at radius 2 is 2.04 bits per heavy atom. The molecule has 1 atom stereocenters. The van der Waals surface area contributed by atoms with Crippen LogP contribution in [0.25, 0.3) is 0 Å². The number of methoxy groups -OCH3 is 2. The SMILES string of the molecule is COC(=O)C(C)N1C(=O)C(C)(C)Oc2c(OC)cc(CO)cc21. The van der Waals surface area contributed by atoms with Crippen molar-refractivity contribution in [2.45, 2.75) is 39.0 Å². The molecule has 0 spiro atoms. The van der Waals surface area contributed by atoms with Crippen molar-refractivity contribution >= 4 is 17.6 Å². The van der Waals surface area contributed by atoms with Gasteiger partial charge in [0.15, 0.2) is 17.1 Å². The number of anilines is 1. The van der Waals surface area contributed by atoms with Crippen LogP contribution in [0.1, 0.15) is 26.3 Å². The summed E-state index contributed by atoms with van der Waals surface area (Å²) in [5.41, 5.74) is -0.252. The minimum Gasteiger partial charge on any atom is -0.493 e. The Labute approximate surface area is 134 Å². The molecular weight excluding hydrogens is 302 g/mol. The van der Waals surface area contributed by atoms with E-state index in [1.807, 2.05) is 0 Å². The molecule has 0 radical (unpaired) electrons. The lowest BCUT2D eigenvalue weighted by molar-refractivity contribution is -0.145. The van der Waals surface area contributed by atoms with Crippen LogP contribution in [0.5, 0.6) is 11.5 Å². The zero-order valence-corrected chi connectivity index (χ0v) is 13.9. The molecule has 1 aromatic carbocycles. The Bertz CT molecular complexity index is 640. The predicted molar refractivity (Wildman–Crippen MR) is 82.6 cm³/mol. The average molecular weight is 323 g/mol. The topological polar surface area (TPSA) is 85.3 Å². The third-order valence-corrected chi connectivity index (χ3v) is 3.78. The maximum atomic E-state index is 12.8. The minimum absolute atomic E-state index is 0.234. The van der Waals surface area contributed by atoms with E-state index >= 15 is 0 Å². The number of aliphatic hydroxyl groups excluding tert-OH is 1. The van der Waals surface area contributed by atoms with E-state index in [-0.39, 0.29) is 12.5 Å². The summed E-state index contributed by atoms with van der Waals surface area (Å²) >= 11 is 0. The minimum atomic E-state index is -1.16. The van der Waals surface area contributed by atoms with E-state index in [2.05, 4.69) is 0 Å². The van der Waals surface area contributed by atoms with Gasteiger partial charge in [-0.15, -0.1) is 0 Å². The largest absolute Gasteiger partial charge is 0.493 e. The number of hydrogen-bond donors (Lipinski definition) is 1. The average Bonchev–Trinajstić information content (AvgIpc) is 2.53. The molecule has 7 heteroatoms. The van der Waals surface area contributed by atoms with Crippen LogP contribution < -0.4 is 14.4 Å². The molecule has 1 aliphatic heterocycles. The number of aliphatic hydroxyl groups is 1. The lowest BCUT2D eigenvalue weighted by Crippen LogP contribution is -2.57. The number of rotatable bonds is 4. The van der Waals surface area contributed by atoms with Crippen molar-refractivity contribution in [1.82, 2.24) is 0 Å². The second-order valence-corrected chi connectivity index (χ2v) is 5.79. The maximum absolute atomic E-state index is 12.8. The summed E-state index contributed by atoms with van der Waals surface area (Å²) in [5.74, 6) is -0.186. The fraction of sp³-hybridized carbons (Fsp3) is 0.500. The Morgan fingerprint density at radius 1 is 1.39 bits per heavy atom. The summed E-state index contributed by atoms with van der Waals surface area (Å²) in [4.78, 5) is 26.0. The third-order valence-electron chi connectivity index (χ3n) is 3.78. The molecule has 1 N–H and O–H groups in total. The van der Waals surface area contributed by atoms with Gasteiger partial charge in [0.2, 0.25) is 0 Å². The van der Waals surface area contributed by atoms with Crippen LogP contribution in [0.3, 0.4) is 0 Å². The van der Waals surface area contributed by atoms with Crippen molar-refractivity contribution in [1.29, 1.82) is 0 Å². The predicted octanol–water partition coefficient (Wildman–Crippen LogP) is 1.25. The molecular formula is C16H21NO6. The molecule has 0 bridgehead atoms. The molecule has 0 aromatic heterocycles. The van der Waals surface area contributed by atoms with Gasteiger partial charge in [0.1, 0.15) is 6.04 Å². The summed E-state index contributed by atoms with van der Waals surface area (Å²) in [6.45, 7) is 4.58. The number of carbonyl (C=O) groups is 2. The van der Waals surface area contributed by atoms with Crippen molar-refractivity contribution in [2.75, 3.05) is 19.1 Å². The molecule has 0 fully saturated rings. The fourth-order valence-electron chi connectivity index (χ4n) is 2.53. The highest BCUT2D eigenvalue weighted by Gasteiger charge is 2.46. The number of hydrogen-bond acceptors (Lipinski definition) is 6. The fourth-order valence-corrected chi connectivity index (χ4v) is 2.53. The molecule has 1 unspecified atom stereocenters. The summed E-state index contributed by atoms with van der Waals surface area (Å²) in [5, 5.41) is 9.42. The van der Waals surface area contributed by atoms with E-state index in [0.717, 1.165) is 0 Å². The number of benzene rings is 1. The van der Waals surface area contributed by atoms with Gasteiger partial charge < -0.3 is 19.3 Å². The van der Waals surface area contributed by atoms with Crippen LogP contribution in [0.15, 0.2) is 12.1 Å². The first kappa shape index (κ1) is 17.1. The zero-order chi connectivity index (χ0) is 17.4. The van der Waals surface area contributed by atoms with Gasteiger partial charge in [-0.2, -0.15) is 0 Å². The highest BCUT2D eigenvalue weighted by Crippen LogP contribution is 2.46. The summed E-state index contributed by atoms with van der Waals surface area (Å²) in [6.07, 6.45) is 0. The Balaban J connectivity index is 2.68. The Hall–Kier alpha value is -2.28. The van der Waals surface area contributed by atoms with Crippen molar-refractivity contribution in [3.8, 4) is 11.5 Å². The summed E-state index contributed by atoms with van der Waals surface area (Å²) in [7, 11) is 2.73. The molecule has 1 amide bonds. The smallest absolute Gasteiger partial charge is 0.328 e. The molecule has 23 heavy (non-hydrogen) atoms. The molecule has 0 saturated carbocycles. The number of fused-ring (bicyclic) bond motifs is 1. The maximum Gasteiger partial charge on any atom is 0.328 e. The van der Waals surface area contributed by atoms with Crippen molar-refractivity contribution in [3.63, 3.8) is 0 Å². The Morgan fingerprint density at radius 3 is 2.57 bits per heavy atom. The first-order chi connectivity index (χ1) is 10.8. The van der Waals surface area contributed by atoms with Crippen LogP contribution in [-0.4, -0.2) is 42.8 Å². The van der Waals surface area contributed by atoms with Gasteiger partial charge in [0.25, 0.3) is 5.91 Å². The van der Waals surface area contributed by atoms with Gasteiger partial charge in [-0.3, -0.25) is 9.69 Å². The monoisotopic (exact) mass is 323 g/mol. The molecule has 7 nitrogen and oxygen atoms in total. The highest BCUT2D eigenvalue weighted by molar-refractivity contribution is 6.06. The van der Waals surface area contributed by atoms with Crippen LogP contribution in [0, 0.1) is 0 Å². The first-order valence-electron chi connectivity index (χ1n) is 7.19. The van der Waals surface area contributed by atoms with Crippen LogP contribution >= 0.6 is 0 Å². The van der Waals surface area contributed by atoms with Gasteiger partial charge in [-0.05, 0) is 38.5 Å². The second kappa shape index (κ2) is 6.08. The van der Waals surface area contributed by atoms with Gasteiger partial charge in [0, 0.05) is 0 Å². The molecule has 1 heterocycles. The van der Waals surface area contributed by atoms with Crippen molar-refractivity contribution in [2.24, 2.45) is 0 Å². The molecule has 1 aliphatic rings. The lowest BCUT2D eigenvalue weighted by Gasteiger charge is -2.41. The normalized spacial score (nSPS) is 17.1. The number of ether oxygens (including phenoxy) is 3. The number of amides is 1. The lowest BCUT2D eigenvalue weighted by atomic mass is 10.0. The van der Waals surface area contributed by atoms with E-state index in [1.54, 1.807) is 32.9 Å². The van der Waals surface area contributed by atoms with E-state index in [9.17, 15) is 14.7 Å². The van der Waals surface area contributed by atoms with Gasteiger partial charge in [0.05, 0.1) is 26.5 Å². The van der Waals surface area contributed by atoms with Crippen LogP contribution in [0.2, 0.25) is 0 Å². The molecule has 2 rings (SSSR count). The zero-order valence-electron chi connectivity index (χ0n) is 13.9. The second-order valence-electron chi connectivity index (χ2n) is 5.79. The van der Waals surface area contributed by atoms with Crippen molar-refractivity contribution in [3.05, 3.63) is 17.7 Å². The van der Waals surface area contributed by atoms with Crippen LogP contribution in [0.4, 0.5) is 5.69 Å². The number of carbonyl (C=O) groups excluding carboxylic acids is 2. The van der Waals surface area contributed by atoms with E-state index in [1.165, 1.54) is 19.1 Å². The summed E-state index contributed by atoms with van der Waals surface area (Å²) < 4.78 is 15.9.